The van der Waals surface area contributed by atoms with E-state index in [1.807, 2.05) is 0 Å². The van der Waals surface area contributed by atoms with Crippen molar-refractivity contribution in [3.8, 4) is 0 Å². The van der Waals surface area contributed by atoms with Crippen molar-refractivity contribution in [2.75, 3.05) is 31.3 Å². The number of benzene rings is 1. The lowest BCUT2D eigenvalue weighted by atomic mass is 9.98. The minimum absolute atomic E-state index is 0.140. The Balaban J connectivity index is 1.85. The van der Waals surface area contributed by atoms with Crippen LogP contribution in [0.3, 0.4) is 0 Å². The molecule has 156 valence electrons. The molecule has 1 saturated heterocycles. The van der Waals surface area contributed by atoms with E-state index in [0.717, 1.165) is 12.3 Å². The van der Waals surface area contributed by atoms with Gasteiger partial charge in [0, 0.05) is 18.8 Å². The zero-order chi connectivity index (χ0) is 21.1. The maximum atomic E-state index is 12.8. The normalized spacial score (nSPS) is 16.6. The third-order valence-electron chi connectivity index (χ3n) is 4.16. The van der Waals surface area contributed by atoms with Gasteiger partial charge in [-0.1, -0.05) is 11.6 Å². The largest absolute Gasteiger partial charge is 0.455 e. The first kappa shape index (κ1) is 22.4. The number of carbonyl (C=O) groups is 2. The molecule has 1 amide bonds. The second kappa shape index (κ2) is 8.66. The molecule has 1 aromatic rings. The highest BCUT2D eigenvalue weighted by molar-refractivity contribution is 7.88. The summed E-state index contributed by atoms with van der Waals surface area (Å²) in [5.74, 6) is -2.01. The van der Waals surface area contributed by atoms with E-state index in [9.17, 15) is 31.2 Å². The van der Waals surface area contributed by atoms with Crippen molar-refractivity contribution < 1.29 is 35.9 Å². The molecule has 1 aliphatic rings. The maximum Gasteiger partial charge on any atom is 0.417 e. The Labute approximate surface area is 164 Å². The number of nitrogens with zero attached hydrogens (tertiary/aromatic N) is 1. The molecule has 1 aromatic carbocycles. The van der Waals surface area contributed by atoms with Crippen LogP contribution in [0.2, 0.25) is 5.02 Å². The van der Waals surface area contributed by atoms with Crippen molar-refractivity contribution >= 4 is 39.2 Å². The van der Waals surface area contributed by atoms with Crippen molar-refractivity contribution in [1.82, 2.24) is 4.31 Å². The Hall–Kier alpha value is -1.85. The third kappa shape index (κ3) is 6.08. The number of sulfonamides is 1. The van der Waals surface area contributed by atoms with Gasteiger partial charge in [0.05, 0.1) is 22.8 Å². The summed E-state index contributed by atoms with van der Waals surface area (Å²) in [6, 6.07) is 2.88. The summed E-state index contributed by atoms with van der Waals surface area (Å²) in [6.07, 6.45) is -3.07. The van der Waals surface area contributed by atoms with Crippen LogP contribution < -0.4 is 5.32 Å². The molecular formula is C16H18ClF3N2O5S. The average molecular weight is 443 g/mol. The zero-order valence-corrected chi connectivity index (χ0v) is 16.3. The number of esters is 1. The Morgan fingerprint density at radius 3 is 2.43 bits per heavy atom. The van der Waals surface area contributed by atoms with E-state index in [1.54, 1.807) is 0 Å². The molecule has 7 nitrogen and oxygen atoms in total. The van der Waals surface area contributed by atoms with Crippen LogP contribution in [-0.2, 0) is 30.5 Å². The second-order valence-corrected chi connectivity index (χ2v) is 8.67. The van der Waals surface area contributed by atoms with E-state index in [-0.39, 0.29) is 31.6 Å². The van der Waals surface area contributed by atoms with Gasteiger partial charge in [-0.15, -0.1) is 0 Å². The number of rotatable bonds is 5. The van der Waals surface area contributed by atoms with Crippen LogP contribution in [0, 0.1) is 5.92 Å². The summed E-state index contributed by atoms with van der Waals surface area (Å²) in [5, 5.41) is 1.70. The van der Waals surface area contributed by atoms with Gasteiger partial charge in [-0.3, -0.25) is 9.59 Å². The Kier molecular flexibility index (Phi) is 6.94. The van der Waals surface area contributed by atoms with E-state index < -0.39 is 51.2 Å². The highest BCUT2D eigenvalue weighted by atomic mass is 35.5. The number of anilines is 1. The first-order valence-electron chi connectivity index (χ1n) is 8.16. The van der Waals surface area contributed by atoms with Crippen LogP contribution in [0.4, 0.5) is 18.9 Å². The molecule has 0 saturated carbocycles. The number of carbonyl (C=O) groups excluding carboxylic acids is 2. The van der Waals surface area contributed by atoms with Crippen molar-refractivity contribution in [3.63, 3.8) is 0 Å². The maximum absolute atomic E-state index is 12.8. The lowest BCUT2D eigenvalue weighted by molar-refractivity contribution is -0.152. The number of alkyl halides is 3. The SMILES string of the molecule is CS(=O)(=O)N1CCC(C(=O)OCC(=O)Nc2ccc(Cl)c(C(F)(F)F)c2)CC1. The van der Waals surface area contributed by atoms with Gasteiger partial charge in [0.15, 0.2) is 6.61 Å². The molecule has 0 unspecified atom stereocenters. The third-order valence-corrected chi connectivity index (χ3v) is 5.79. The van der Waals surface area contributed by atoms with Crippen LogP contribution in [-0.4, -0.2) is 50.6 Å². The summed E-state index contributed by atoms with van der Waals surface area (Å²) < 4.78 is 67.5. The van der Waals surface area contributed by atoms with Gasteiger partial charge in [0.2, 0.25) is 10.0 Å². The number of hydrogen-bond acceptors (Lipinski definition) is 5. The number of ether oxygens (including phenoxy) is 1. The molecule has 12 heteroatoms. The van der Waals surface area contributed by atoms with Crippen molar-refractivity contribution in [2.24, 2.45) is 5.92 Å². The minimum Gasteiger partial charge on any atom is -0.455 e. The lowest BCUT2D eigenvalue weighted by Crippen LogP contribution is -2.40. The van der Waals surface area contributed by atoms with Gasteiger partial charge >= 0.3 is 12.1 Å². The monoisotopic (exact) mass is 442 g/mol. The molecule has 0 spiro atoms. The molecular weight excluding hydrogens is 425 g/mol. The Morgan fingerprint density at radius 2 is 1.89 bits per heavy atom. The quantitative estimate of drug-likeness (QED) is 0.707. The topological polar surface area (TPSA) is 92.8 Å². The predicted molar refractivity (Wildman–Crippen MR) is 95.2 cm³/mol. The molecule has 0 bridgehead atoms. The highest BCUT2D eigenvalue weighted by Gasteiger charge is 2.33. The lowest BCUT2D eigenvalue weighted by Gasteiger charge is -2.28. The van der Waals surface area contributed by atoms with Gasteiger partial charge in [0.1, 0.15) is 0 Å². The smallest absolute Gasteiger partial charge is 0.417 e. The van der Waals surface area contributed by atoms with Crippen LogP contribution >= 0.6 is 11.6 Å². The summed E-state index contributed by atoms with van der Waals surface area (Å²) >= 11 is 5.50. The van der Waals surface area contributed by atoms with Crippen molar-refractivity contribution in [3.05, 3.63) is 28.8 Å². The first-order chi connectivity index (χ1) is 12.9. The molecule has 0 atom stereocenters. The minimum atomic E-state index is -4.68. The fourth-order valence-electron chi connectivity index (χ4n) is 2.70. The summed E-state index contributed by atoms with van der Waals surface area (Å²) in [4.78, 5) is 23.8. The molecule has 0 radical (unpaired) electrons. The molecule has 0 aromatic heterocycles. The number of hydrogen-bond donors (Lipinski definition) is 1. The number of halogens is 4. The van der Waals surface area contributed by atoms with E-state index in [0.29, 0.717) is 6.07 Å². The zero-order valence-electron chi connectivity index (χ0n) is 14.8. The van der Waals surface area contributed by atoms with Crippen LogP contribution in [0.25, 0.3) is 0 Å². The fourth-order valence-corrected chi connectivity index (χ4v) is 3.79. The van der Waals surface area contributed by atoms with Crippen molar-refractivity contribution in [1.29, 1.82) is 0 Å². The number of amides is 1. The number of piperidine rings is 1. The van der Waals surface area contributed by atoms with Crippen LogP contribution in [0.15, 0.2) is 18.2 Å². The van der Waals surface area contributed by atoms with Crippen molar-refractivity contribution in [2.45, 2.75) is 19.0 Å². The van der Waals surface area contributed by atoms with E-state index in [4.69, 9.17) is 16.3 Å². The Morgan fingerprint density at radius 1 is 1.29 bits per heavy atom. The standard InChI is InChI=1S/C16H18ClF3N2O5S/c1-28(25,26)22-6-4-10(5-7-22)15(24)27-9-14(23)21-11-2-3-13(17)12(8-11)16(18,19)20/h2-3,8,10H,4-7,9H2,1H3,(H,21,23). The number of nitrogens with one attached hydrogen (secondary N) is 1. The second-order valence-electron chi connectivity index (χ2n) is 6.28. The summed E-state index contributed by atoms with van der Waals surface area (Å²) in [7, 11) is -3.32. The van der Waals surface area contributed by atoms with E-state index in [2.05, 4.69) is 5.32 Å². The van der Waals surface area contributed by atoms with E-state index in [1.165, 1.54) is 10.4 Å². The summed E-state index contributed by atoms with van der Waals surface area (Å²) in [5.41, 5.74) is -1.24. The molecule has 1 fully saturated rings. The van der Waals surface area contributed by atoms with Crippen LogP contribution in [0.5, 0.6) is 0 Å². The molecule has 1 aliphatic heterocycles. The first-order valence-corrected chi connectivity index (χ1v) is 10.4. The van der Waals surface area contributed by atoms with Gasteiger partial charge in [-0.2, -0.15) is 13.2 Å². The molecule has 0 aliphatic carbocycles. The van der Waals surface area contributed by atoms with Gasteiger partial charge < -0.3 is 10.1 Å². The predicted octanol–water partition coefficient (Wildman–Crippen LogP) is 2.51. The molecule has 1 heterocycles. The molecule has 2 rings (SSSR count). The van der Waals surface area contributed by atoms with Crippen LogP contribution in [0.1, 0.15) is 18.4 Å². The van der Waals surface area contributed by atoms with Gasteiger partial charge in [0.25, 0.3) is 5.91 Å². The van der Waals surface area contributed by atoms with Gasteiger partial charge in [-0.05, 0) is 31.0 Å². The Bertz CT molecular complexity index is 852. The van der Waals surface area contributed by atoms with Gasteiger partial charge in [-0.25, -0.2) is 12.7 Å². The average Bonchev–Trinajstić information content (AvgIpc) is 2.59. The molecule has 1 N–H and O–H groups in total. The summed E-state index contributed by atoms with van der Waals surface area (Å²) in [6.45, 7) is -0.319. The highest BCUT2D eigenvalue weighted by Crippen LogP contribution is 2.36. The fraction of sp³-hybridized carbons (Fsp3) is 0.500. The van der Waals surface area contributed by atoms with E-state index >= 15 is 0 Å². The molecule has 28 heavy (non-hydrogen) atoms.